The molecule has 1 saturated carbocycles. The number of aryl methyl sites for hydroxylation is 1. The number of hydrogen-bond acceptors (Lipinski definition) is 4. The molecule has 6 nitrogen and oxygen atoms in total. The number of rotatable bonds is 5. The van der Waals surface area contributed by atoms with Crippen LogP contribution < -0.4 is 10.1 Å². The minimum Gasteiger partial charge on any atom is -0.488 e. The fourth-order valence-electron chi connectivity index (χ4n) is 4.02. The van der Waals surface area contributed by atoms with Crippen LogP contribution in [0, 0.1) is 6.92 Å². The van der Waals surface area contributed by atoms with Crippen molar-refractivity contribution >= 4 is 39.9 Å². The summed E-state index contributed by atoms with van der Waals surface area (Å²) in [4.78, 5) is 38.7. The highest BCUT2D eigenvalue weighted by Crippen LogP contribution is 2.30. The number of carbonyl (C=O) groups excluding carboxylic acids is 3. The Hall–Kier alpha value is -2.93. The van der Waals surface area contributed by atoms with Crippen LogP contribution in [-0.4, -0.2) is 28.8 Å². The van der Waals surface area contributed by atoms with Crippen molar-refractivity contribution in [2.75, 3.05) is 0 Å². The highest BCUT2D eigenvalue weighted by Gasteiger charge is 2.40. The maximum Gasteiger partial charge on any atom is 0.331 e. The number of nitrogens with zero attached hydrogens (tertiary/aromatic N) is 1. The molecular weight excluding hydrogens is 460 g/mol. The van der Waals surface area contributed by atoms with Gasteiger partial charge in [0.2, 0.25) is 0 Å². The summed E-state index contributed by atoms with van der Waals surface area (Å²) in [6, 6.07) is 12.7. The fraction of sp³-hybridized carbons (Fsp3) is 0.292. The molecule has 1 aliphatic heterocycles. The monoisotopic (exact) mass is 482 g/mol. The average Bonchev–Trinajstić information content (AvgIpc) is 3.25. The van der Waals surface area contributed by atoms with Crippen molar-refractivity contribution in [2.45, 2.75) is 45.3 Å². The van der Waals surface area contributed by atoms with Crippen LogP contribution in [0.25, 0.3) is 6.08 Å². The first kappa shape index (κ1) is 21.3. The van der Waals surface area contributed by atoms with Crippen molar-refractivity contribution in [1.82, 2.24) is 10.2 Å². The van der Waals surface area contributed by atoms with Crippen LogP contribution in [-0.2, 0) is 16.2 Å². The van der Waals surface area contributed by atoms with Crippen LogP contribution >= 0.6 is 15.9 Å². The third kappa shape index (κ3) is 4.71. The lowest BCUT2D eigenvalue weighted by molar-refractivity contribution is -0.131. The van der Waals surface area contributed by atoms with Gasteiger partial charge in [-0.25, -0.2) is 4.79 Å². The Bertz CT molecular complexity index is 1070. The SMILES string of the molecule is Cc1cccc(COc2ccc(/C=C3\C(=O)NC(=O)N(C4CCCC4)C3=O)cc2Br)c1. The Kier molecular flexibility index (Phi) is 6.23. The Balaban J connectivity index is 1.52. The van der Waals surface area contributed by atoms with E-state index in [-0.39, 0.29) is 11.6 Å². The van der Waals surface area contributed by atoms with Gasteiger partial charge in [0.15, 0.2) is 0 Å². The second-order valence-corrected chi connectivity index (χ2v) is 8.75. The second kappa shape index (κ2) is 9.06. The fourth-order valence-corrected chi connectivity index (χ4v) is 4.53. The van der Waals surface area contributed by atoms with E-state index in [4.69, 9.17) is 4.74 Å². The molecule has 1 saturated heterocycles. The normalized spacial score (nSPS) is 18.6. The molecule has 1 aliphatic carbocycles. The topological polar surface area (TPSA) is 75.7 Å². The van der Waals surface area contributed by atoms with Gasteiger partial charge in [-0.3, -0.25) is 19.8 Å². The molecule has 2 fully saturated rings. The van der Waals surface area contributed by atoms with E-state index < -0.39 is 17.8 Å². The molecule has 2 aromatic carbocycles. The van der Waals surface area contributed by atoms with Crippen LogP contribution in [0.3, 0.4) is 0 Å². The predicted molar refractivity (Wildman–Crippen MR) is 120 cm³/mol. The lowest BCUT2D eigenvalue weighted by Crippen LogP contribution is -2.57. The summed E-state index contributed by atoms with van der Waals surface area (Å²) in [6.07, 6.45) is 5.02. The van der Waals surface area contributed by atoms with Crippen molar-refractivity contribution in [3.8, 4) is 5.75 Å². The largest absolute Gasteiger partial charge is 0.488 e. The van der Waals surface area contributed by atoms with E-state index in [0.717, 1.165) is 31.2 Å². The van der Waals surface area contributed by atoms with Gasteiger partial charge >= 0.3 is 6.03 Å². The van der Waals surface area contributed by atoms with Crippen LogP contribution in [0.2, 0.25) is 0 Å². The highest BCUT2D eigenvalue weighted by atomic mass is 79.9. The number of ether oxygens (including phenoxy) is 1. The van der Waals surface area contributed by atoms with E-state index in [1.54, 1.807) is 18.2 Å². The number of halogens is 1. The van der Waals surface area contributed by atoms with Crippen molar-refractivity contribution < 1.29 is 19.1 Å². The first-order valence-corrected chi connectivity index (χ1v) is 11.1. The Morgan fingerprint density at radius 3 is 2.61 bits per heavy atom. The van der Waals surface area contributed by atoms with Crippen molar-refractivity contribution in [1.29, 1.82) is 0 Å². The zero-order chi connectivity index (χ0) is 22.0. The highest BCUT2D eigenvalue weighted by molar-refractivity contribution is 9.10. The summed E-state index contributed by atoms with van der Waals surface area (Å²) in [5.74, 6) is -0.539. The summed E-state index contributed by atoms with van der Waals surface area (Å²) in [7, 11) is 0. The first-order chi connectivity index (χ1) is 14.9. The molecule has 4 amide bonds. The van der Waals surface area contributed by atoms with E-state index in [1.165, 1.54) is 16.5 Å². The minimum atomic E-state index is -0.667. The van der Waals surface area contributed by atoms with Crippen molar-refractivity contribution in [3.63, 3.8) is 0 Å². The van der Waals surface area contributed by atoms with Gasteiger partial charge in [0.05, 0.1) is 4.47 Å². The molecule has 2 aromatic rings. The quantitative estimate of drug-likeness (QED) is 0.493. The molecule has 0 aromatic heterocycles. The van der Waals surface area contributed by atoms with E-state index in [9.17, 15) is 14.4 Å². The molecular formula is C24H23BrN2O4. The summed E-state index contributed by atoms with van der Waals surface area (Å²) >= 11 is 3.50. The predicted octanol–water partition coefficient (Wildman–Crippen LogP) is 4.74. The number of urea groups is 1. The first-order valence-electron chi connectivity index (χ1n) is 10.3. The smallest absolute Gasteiger partial charge is 0.331 e. The molecule has 0 bridgehead atoms. The number of imide groups is 2. The van der Waals surface area contributed by atoms with Gasteiger partial charge in [-0.1, -0.05) is 48.7 Å². The van der Waals surface area contributed by atoms with E-state index >= 15 is 0 Å². The van der Waals surface area contributed by atoms with Crippen LogP contribution in [0.5, 0.6) is 5.75 Å². The molecule has 0 atom stereocenters. The molecule has 0 spiro atoms. The van der Waals surface area contributed by atoms with Crippen LogP contribution in [0.15, 0.2) is 52.5 Å². The number of amides is 4. The van der Waals surface area contributed by atoms with E-state index in [2.05, 4.69) is 27.3 Å². The van der Waals surface area contributed by atoms with Gasteiger partial charge in [-0.15, -0.1) is 0 Å². The average molecular weight is 483 g/mol. The maximum absolute atomic E-state index is 12.9. The van der Waals surface area contributed by atoms with Gasteiger partial charge in [0.1, 0.15) is 17.9 Å². The van der Waals surface area contributed by atoms with Crippen molar-refractivity contribution in [3.05, 3.63) is 69.2 Å². The molecule has 160 valence electrons. The molecule has 31 heavy (non-hydrogen) atoms. The Morgan fingerprint density at radius 2 is 1.90 bits per heavy atom. The summed E-state index contributed by atoms with van der Waals surface area (Å²) in [5, 5.41) is 2.30. The third-order valence-corrected chi connectivity index (χ3v) is 6.19. The van der Waals surface area contributed by atoms with Gasteiger partial charge in [-0.2, -0.15) is 0 Å². The molecule has 0 radical (unpaired) electrons. The maximum atomic E-state index is 12.9. The summed E-state index contributed by atoms with van der Waals surface area (Å²) in [5.41, 5.74) is 2.86. The lowest BCUT2D eigenvalue weighted by atomic mass is 10.1. The zero-order valence-corrected chi connectivity index (χ0v) is 18.8. The minimum absolute atomic E-state index is 0.0353. The number of barbiturate groups is 1. The summed E-state index contributed by atoms with van der Waals surface area (Å²) < 4.78 is 6.61. The Morgan fingerprint density at radius 1 is 1.13 bits per heavy atom. The number of nitrogens with one attached hydrogen (secondary N) is 1. The standard InChI is InChI=1S/C24H23BrN2O4/c1-15-5-4-6-17(11-15)14-31-21-10-9-16(13-20(21)25)12-19-22(28)26-24(30)27(23(19)29)18-7-2-3-8-18/h4-6,9-13,18H,2-3,7-8,14H2,1H3,(H,26,28,30)/b19-12+. The number of carbonyl (C=O) groups is 3. The Labute approximate surface area is 189 Å². The van der Waals surface area contributed by atoms with Gasteiger partial charge in [0.25, 0.3) is 11.8 Å². The van der Waals surface area contributed by atoms with Crippen molar-refractivity contribution in [2.24, 2.45) is 0 Å². The van der Waals surface area contributed by atoms with Crippen LogP contribution in [0.4, 0.5) is 4.79 Å². The number of benzene rings is 2. The van der Waals surface area contributed by atoms with Gasteiger partial charge < -0.3 is 4.74 Å². The number of hydrogen-bond donors (Lipinski definition) is 1. The molecule has 4 rings (SSSR count). The molecule has 0 unspecified atom stereocenters. The van der Waals surface area contributed by atoms with Gasteiger partial charge in [0, 0.05) is 6.04 Å². The third-order valence-electron chi connectivity index (χ3n) is 5.57. The lowest BCUT2D eigenvalue weighted by Gasteiger charge is -2.31. The zero-order valence-electron chi connectivity index (χ0n) is 17.2. The van der Waals surface area contributed by atoms with E-state index in [0.29, 0.717) is 22.4 Å². The van der Waals surface area contributed by atoms with Gasteiger partial charge in [-0.05, 0) is 65.0 Å². The molecule has 1 N–H and O–H groups in total. The summed E-state index contributed by atoms with van der Waals surface area (Å²) in [6.45, 7) is 2.46. The second-order valence-electron chi connectivity index (χ2n) is 7.90. The molecule has 1 heterocycles. The van der Waals surface area contributed by atoms with Crippen LogP contribution in [0.1, 0.15) is 42.4 Å². The van der Waals surface area contributed by atoms with E-state index in [1.807, 2.05) is 25.1 Å². The molecule has 2 aliphatic rings. The molecule has 7 heteroatoms.